The van der Waals surface area contributed by atoms with Gasteiger partial charge in [0, 0.05) is 38.2 Å². The van der Waals surface area contributed by atoms with Gasteiger partial charge in [-0.1, -0.05) is 0 Å². The average molecular weight is 367 g/mol. The minimum atomic E-state index is -4.48. The maximum absolute atomic E-state index is 12.9. The van der Waals surface area contributed by atoms with Gasteiger partial charge in [-0.15, -0.1) is 0 Å². The number of hydrogen-bond acceptors (Lipinski definition) is 6. The fourth-order valence-electron chi connectivity index (χ4n) is 2.85. The van der Waals surface area contributed by atoms with E-state index in [1.165, 1.54) is 6.92 Å². The summed E-state index contributed by atoms with van der Waals surface area (Å²) in [6.45, 7) is 6.25. The average Bonchev–Trinajstić information content (AvgIpc) is 2.57. The van der Waals surface area contributed by atoms with Crippen LogP contribution >= 0.6 is 0 Å². The van der Waals surface area contributed by atoms with Gasteiger partial charge in [-0.05, 0) is 20.8 Å². The third-order valence-corrected chi connectivity index (χ3v) is 4.19. The molecule has 0 aromatic carbocycles. The molecule has 0 unspecified atom stereocenters. The highest BCUT2D eigenvalue weighted by Gasteiger charge is 2.34. The Hall–Kier alpha value is -2.45. The molecule has 140 valence electrons. The first-order valence-electron chi connectivity index (χ1n) is 8.37. The smallest absolute Gasteiger partial charge is 0.433 e. The lowest BCUT2D eigenvalue weighted by atomic mass is 10.1. The molecule has 0 N–H and O–H groups in total. The molecular formula is C17H20F3N5O. The Kier molecular flexibility index (Phi) is 4.97. The number of rotatable bonds is 3. The zero-order valence-electron chi connectivity index (χ0n) is 14.8. The van der Waals surface area contributed by atoms with Gasteiger partial charge in [0.1, 0.15) is 23.4 Å². The van der Waals surface area contributed by atoms with Crippen LogP contribution in [0.25, 0.3) is 0 Å². The van der Waals surface area contributed by atoms with E-state index in [-0.39, 0.29) is 11.9 Å². The fraction of sp³-hybridized carbons (Fsp3) is 0.529. The molecule has 26 heavy (non-hydrogen) atoms. The zero-order valence-corrected chi connectivity index (χ0v) is 14.8. The van der Waals surface area contributed by atoms with E-state index in [0.717, 1.165) is 17.5 Å². The number of halogens is 3. The second-order valence-corrected chi connectivity index (χ2v) is 6.36. The standard InChI is InChI=1S/C17H20F3N5O/c1-10-9-21-11(2)16(22-10)26-13-4-6-25(7-5-13)15-8-14(17(18,19)20)23-12(3)24-15/h8-9,13H,4-7H2,1-3H3. The lowest BCUT2D eigenvalue weighted by molar-refractivity contribution is -0.141. The number of anilines is 1. The molecule has 3 rings (SSSR count). The van der Waals surface area contributed by atoms with Crippen LogP contribution in [0.5, 0.6) is 5.88 Å². The zero-order chi connectivity index (χ0) is 18.9. The van der Waals surface area contributed by atoms with Crippen molar-refractivity contribution in [3.8, 4) is 5.88 Å². The molecule has 0 atom stereocenters. The van der Waals surface area contributed by atoms with Gasteiger partial charge < -0.3 is 9.64 Å². The largest absolute Gasteiger partial charge is 0.473 e. The molecule has 0 saturated carbocycles. The van der Waals surface area contributed by atoms with Crippen molar-refractivity contribution in [1.82, 2.24) is 19.9 Å². The van der Waals surface area contributed by atoms with E-state index in [2.05, 4.69) is 19.9 Å². The molecule has 0 spiro atoms. The molecule has 2 aromatic heterocycles. The van der Waals surface area contributed by atoms with Gasteiger partial charge in [-0.2, -0.15) is 13.2 Å². The van der Waals surface area contributed by atoms with Gasteiger partial charge in [-0.3, -0.25) is 4.98 Å². The molecule has 0 aliphatic carbocycles. The Morgan fingerprint density at radius 2 is 1.77 bits per heavy atom. The molecule has 1 fully saturated rings. The van der Waals surface area contributed by atoms with Gasteiger partial charge in [-0.25, -0.2) is 15.0 Å². The van der Waals surface area contributed by atoms with E-state index in [1.807, 2.05) is 18.7 Å². The first-order valence-corrected chi connectivity index (χ1v) is 8.37. The normalized spacial score (nSPS) is 16.0. The van der Waals surface area contributed by atoms with Crippen LogP contribution < -0.4 is 9.64 Å². The van der Waals surface area contributed by atoms with Crippen LogP contribution in [0.2, 0.25) is 0 Å². The number of alkyl halides is 3. The van der Waals surface area contributed by atoms with E-state index in [0.29, 0.717) is 37.6 Å². The Morgan fingerprint density at radius 1 is 1.08 bits per heavy atom. The maximum atomic E-state index is 12.9. The van der Waals surface area contributed by atoms with Crippen LogP contribution in [-0.4, -0.2) is 39.1 Å². The molecule has 1 aliphatic heterocycles. The topological polar surface area (TPSA) is 64.0 Å². The summed E-state index contributed by atoms with van der Waals surface area (Å²) in [6.07, 6.45) is -1.52. The maximum Gasteiger partial charge on any atom is 0.433 e. The third-order valence-electron chi connectivity index (χ3n) is 4.19. The molecule has 2 aromatic rings. The van der Waals surface area contributed by atoms with E-state index in [1.54, 1.807) is 6.20 Å². The highest BCUT2D eigenvalue weighted by molar-refractivity contribution is 5.41. The van der Waals surface area contributed by atoms with Crippen molar-refractivity contribution in [3.05, 3.63) is 35.2 Å². The number of aryl methyl sites for hydroxylation is 3. The Bertz CT molecular complexity index is 788. The minimum absolute atomic E-state index is 0.0499. The van der Waals surface area contributed by atoms with Gasteiger partial charge in [0.05, 0.1) is 11.4 Å². The molecule has 3 heterocycles. The van der Waals surface area contributed by atoms with Crippen molar-refractivity contribution in [2.24, 2.45) is 0 Å². The number of ether oxygens (including phenoxy) is 1. The summed E-state index contributed by atoms with van der Waals surface area (Å²) >= 11 is 0. The van der Waals surface area contributed by atoms with Crippen LogP contribution in [-0.2, 0) is 6.18 Å². The van der Waals surface area contributed by atoms with Gasteiger partial charge in [0.15, 0.2) is 0 Å². The summed E-state index contributed by atoms with van der Waals surface area (Å²) in [5, 5.41) is 0. The molecule has 1 saturated heterocycles. The van der Waals surface area contributed by atoms with Crippen LogP contribution in [0, 0.1) is 20.8 Å². The SMILES string of the molecule is Cc1cnc(C)c(OC2CCN(c3cc(C(F)(F)F)nc(C)n3)CC2)n1. The highest BCUT2D eigenvalue weighted by Crippen LogP contribution is 2.30. The molecule has 0 radical (unpaired) electrons. The summed E-state index contributed by atoms with van der Waals surface area (Å²) in [7, 11) is 0. The third kappa shape index (κ3) is 4.20. The molecule has 6 nitrogen and oxygen atoms in total. The first-order chi connectivity index (χ1) is 12.2. The molecule has 0 amide bonds. The quantitative estimate of drug-likeness (QED) is 0.830. The Balaban J connectivity index is 1.67. The molecular weight excluding hydrogens is 347 g/mol. The van der Waals surface area contributed by atoms with Crippen LogP contribution in [0.3, 0.4) is 0 Å². The second kappa shape index (κ2) is 7.05. The van der Waals surface area contributed by atoms with Gasteiger partial charge in [0.25, 0.3) is 0 Å². The monoisotopic (exact) mass is 367 g/mol. The second-order valence-electron chi connectivity index (χ2n) is 6.36. The lowest BCUT2D eigenvalue weighted by Crippen LogP contribution is -2.39. The molecule has 0 bridgehead atoms. The van der Waals surface area contributed by atoms with Crippen molar-refractivity contribution in [3.63, 3.8) is 0 Å². The number of piperidine rings is 1. The molecule has 1 aliphatic rings. The summed E-state index contributed by atoms with van der Waals surface area (Å²) in [5.41, 5.74) is 0.586. The number of nitrogens with zero attached hydrogens (tertiary/aromatic N) is 5. The van der Waals surface area contributed by atoms with E-state index in [9.17, 15) is 13.2 Å². The van der Waals surface area contributed by atoms with Crippen molar-refractivity contribution < 1.29 is 17.9 Å². The van der Waals surface area contributed by atoms with Crippen LogP contribution in [0.15, 0.2) is 12.3 Å². The lowest BCUT2D eigenvalue weighted by Gasteiger charge is -2.33. The van der Waals surface area contributed by atoms with Crippen molar-refractivity contribution >= 4 is 5.82 Å². The van der Waals surface area contributed by atoms with E-state index >= 15 is 0 Å². The van der Waals surface area contributed by atoms with Crippen LogP contribution in [0.1, 0.15) is 35.7 Å². The Labute approximate surface area is 149 Å². The summed E-state index contributed by atoms with van der Waals surface area (Å²) in [5.74, 6) is 0.925. The van der Waals surface area contributed by atoms with Crippen molar-refractivity contribution in [2.75, 3.05) is 18.0 Å². The summed E-state index contributed by atoms with van der Waals surface area (Å²) < 4.78 is 44.8. The molecule has 9 heteroatoms. The van der Waals surface area contributed by atoms with Crippen LogP contribution in [0.4, 0.5) is 19.0 Å². The van der Waals surface area contributed by atoms with Gasteiger partial charge >= 0.3 is 6.18 Å². The number of aromatic nitrogens is 4. The van der Waals surface area contributed by atoms with Gasteiger partial charge in [0.2, 0.25) is 5.88 Å². The fourth-order valence-corrected chi connectivity index (χ4v) is 2.85. The highest BCUT2D eigenvalue weighted by atomic mass is 19.4. The van der Waals surface area contributed by atoms with E-state index < -0.39 is 11.9 Å². The predicted molar refractivity (Wildman–Crippen MR) is 89.1 cm³/mol. The van der Waals surface area contributed by atoms with Crippen molar-refractivity contribution in [2.45, 2.75) is 45.9 Å². The summed E-state index contributed by atoms with van der Waals surface area (Å²) in [6, 6.07) is 1.00. The number of hydrogen-bond donors (Lipinski definition) is 0. The Morgan fingerprint density at radius 3 is 2.42 bits per heavy atom. The first kappa shape index (κ1) is 18.3. The predicted octanol–water partition coefficient (Wildman–Crippen LogP) is 3.26. The van der Waals surface area contributed by atoms with Crippen molar-refractivity contribution in [1.29, 1.82) is 0 Å². The van der Waals surface area contributed by atoms with E-state index in [4.69, 9.17) is 4.74 Å². The summed E-state index contributed by atoms with van der Waals surface area (Å²) in [4.78, 5) is 18.1. The minimum Gasteiger partial charge on any atom is -0.473 e.